The van der Waals surface area contributed by atoms with Crippen molar-refractivity contribution in [1.29, 1.82) is 0 Å². The van der Waals surface area contributed by atoms with E-state index in [1.807, 2.05) is 20.8 Å². The van der Waals surface area contributed by atoms with Gasteiger partial charge in [0.15, 0.2) is 0 Å². The molecular formula is C12H23NO2. The quantitative estimate of drug-likeness (QED) is 0.765. The standard InChI is InChI=1S/C12H23NO2/c1-9(2)12(7-6-8-12)13-10(14)15-11(3,4)5/h9H,6-8H2,1-5H3,(H,13,14). The zero-order valence-corrected chi connectivity index (χ0v) is 10.5. The zero-order chi connectivity index (χ0) is 11.7. The SMILES string of the molecule is CC(C)C1(NC(=O)OC(C)(C)C)CCC1. The van der Waals surface area contributed by atoms with Crippen molar-refractivity contribution in [1.82, 2.24) is 5.32 Å². The van der Waals surface area contributed by atoms with Crippen LogP contribution in [0, 0.1) is 5.92 Å². The fraction of sp³-hybridized carbons (Fsp3) is 0.917. The molecule has 1 aliphatic rings. The number of alkyl carbamates (subject to hydrolysis) is 1. The molecule has 0 saturated heterocycles. The number of hydrogen-bond donors (Lipinski definition) is 1. The lowest BCUT2D eigenvalue weighted by atomic mass is 9.69. The van der Waals surface area contributed by atoms with Crippen LogP contribution in [0.1, 0.15) is 53.9 Å². The highest BCUT2D eigenvalue weighted by Gasteiger charge is 2.41. The van der Waals surface area contributed by atoms with E-state index < -0.39 is 5.60 Å². The molecule has 1 aliphatic carbocycles. The van der Waals surface area contributed by atoms with Gasteiger partial charge in [-0.05, 0) is 46.0 Å². The predicted molar refractivity (Wildman–Crippen MR) is 60.8 cm³/mol. The average Bonchev–Trinajstić information content (AvgIpc) is 1.92. The monoisotopic (exact) mass is 213 g/mol. The maximum Gasteiger partial charge on any atom is 0.408 e. The van der Waals surface area contributed by atoms with Gasteiger partial charge < -0.3 is 10.1 Å². The normalized spacial score (nSPS) is 19.6. The minimum atomic E-state index is -0.411. The molecule has 0 atom stereocenters. The molecule has 1 amide bonds. The van der Waals surface area contributed by atoms with Gasteiger partial charge in [-0.2, -0.15) is 0 Å². The van der Waals surface area contributed by atoms with Crippen LogP contribution in [0.25, 0.3) is 0 Å². The second-order valence-corrected chi connectivity index (χ2v) is 5.79. The number of nitrogens with one attached hydrogen (secondary N) is 1. The number of rotatable bonds is 2. The lowest BCUT2D eigenvalue weighted by molar-refractivity contribution is 0.0304. The number of ether oxygens (including phenoxy) is 1. The van der Waals surface area contributed by atoms with E-state index in [1.165, 1.54) is 6.42 Å². The fourth-order valence-electron chi connectivity index (χ4n) is 1.91. The van der Waals surface area contributed by atoms with Crippen LogP contribution in [0.2, 0.25) is 0 Å². The number of amides is 1. The lowest BCUT2D eigenvalue weighted by Crippen LogP contribution is -2.57. The van der Waals surface area contributed by atoms with E-state index in [4.69, 9.17) is 4.74 Å². The van der Waals surface area contributed by atoms with Gasteiger partial charge in [0.25, 0.3) is 0 Å². The molecule has 1 rings (SSSR count). The summed E-state index contributed by atoms with van der Waals surface area (Å²) in [4.78, 5) is 11.6. The van der Waals surface area contributed by atoms with Gasteiger partial charge in [0.1, 0.15) is 5.60 Å². The van der Waals surface area contributed by atoms with E-state index in [0.717, 1.165) is 12.8 Å². The molecule has 0 unspecified atom stereocenters. The first kappa shape index (κ1) is 12.3. The first-order chi connectivity index (χ1) is 6.75. The molecule has 88 valence electrons. The molecule has 0 aliphatic heterocycles. The van der Waals surface area contributed by atoms with Crippen molar-refractivity contribution in [2.45, 2.75) is 65.0 Å². The highest BCUT2D eigenvalue weighted by atomic mass is 16.6. The van der Waals surface area contributed by atoms with Crippen LogP contribution in [-0.4, -0.2) is 17.2 Å². The molecule has 0 spiro atoms. The van der Waals surface area contributed by atoms with Gasteiger partial charge in [-0.1, -0.05) is 13.8 Å². The topological polar surface area (TPSA) is 38.3 Å². The van der Waals surface area contributed by atoms with Crippen LogP contribution in [0.15, 0.2) is 0 Å². The first-order valence-corrected chi connectivity index (χ1v) is 5.76. The van der Waals surface area contributed by atoms with E-state index in [2.05, 4.69) is 19.2 Å². The highest BCUT2D eigenvalue weighted by molar-refractivity contribution is 5.69. The van der Waals surface area contributed by atoms with Gasteiger partial charge in [0, 0.05) is 5.54 Å². The number of hydrogen-bond acceptors (Lipinski definition) is 2. The van der Waals surface area contributed by atoms with Crippen molar-refractivity contribution >= 4 is 6.09 Å². The third-order valence-corrected chi connectivity index (χ3v) is 3.10. The van der Waals surface area contributed by atoms with Crippen molar-refractivity contribution in [3.63, 3.8) is 0 Å². The van der Waals surface area contributed by atoms with Gasteiger partial charge in [-0.3, -0.25) is 0 Å². The molecule has 1 saturated carbocycles. The van der Waals surface area contributed by atoms with E-state index >= 15 is 0 Å². The lowest BCUT2D eigenvalue weighted by Gasteiger charge is -2.46. The van der Waals surface area contributed by atoms with E-state index in [9.17, 15) is 4.79 Å². The van der Waals surface area contributed by atoms with Gasteiger partial charge in [-0.25, -0.2) is 4.79 Å². The Hall–Kier alpha value is -0.730. The molecule has 0 radical (unpaired) electrons. The van der Waals surface area contributed by atoms with Crippen LogP contribution >= 0.6 is 0 Å². The maximum atomic E-state index is 11.6. The van der Waals surface area contributed by atoms with Gasteiger partial charge >= 0.3 is 6.09 Å². The van der Waals surface area contributed by atoms with Crippen molar-refractivity contribution in [2.75, 3.05) is 0 Å². The molecule has 3 nitrogen and oxygen atoms in total. The van der Waals surface area contributed by atoms with Crippen LogP contribution < -0.4 is 5.32 Å². The van der Waals surface area contributed by atoms with E-state index in [0.29, 0.717) is 5.92 Å². The Balaban J connectivity index is 2.50. The summed E-state index contributed by atoms with van der Waals surface area (Å²) in [5.41, 5.74) is -0.422. The van der Waals surface area contributed by atoms with Crippen molar-refractivity contribution in [2.24, 2.45) is 5.92 Å². The smallest absolute Gasteiger partial charge is 0.408 e. The second-order valence-electron chi connectivity index (χ2n) is 5.79. The summed E-state index contributed by atoms with van der Waals surface area (Å²) < 4.78 is 5.27. The molecule has 0 aromatic carbocycles. The average molecular weight is 213 g/mol. The van der Waals surface area contributed by atoms with Crippen molar-refractivity contribution in [3.05, 3.63) is 0 Å². The Kier molecular flexibility index (Phi) is 3.31. The summed E-state index contributed by atoms with van der Waals surface area (Å²) >= 11 is 0. The summed E-state index contributed by atoms with van der Waals surface area (Å²) in [6, 6.07) is 0. The highest BCUT2D eigenvalue weighted by Crippen LogP contribution is 2.38. The fourth-order valence-corrected chi connectivity index (χ4v) is 1.91. The molecule has 0 heterocycles. The van der Waals surface area contributed by atoms with Crippen LogP contribution in [0.5, 0.6) is 0 Å². The third-order valence-electron chi connectivity index (χ3n) is 3.10. The zero-order valence-electron chi connectivity index (χ0n) is 10.5. The molecule has 1 fully saturated rings. The summed E-state index contributed by atoms with van der Waals surface area (Å²) in [5.74, 6) is 0.471. The molecule has 1 N–H and O–H groups in total. The predicted octanol–water partition coefficient (Wildman–Crippen LogP) is 3.09. The minimum absolute atomic E-state index is 0.0116. The van der Waals surface area contributed by atoms with Gasteiger partial charge in [-0.15, -0.1) is 0 Å². The summed E-state index contributed by atoms with van der Waals surface area (Å²) in [6.45, 7) is 9.95. The Morgan fingerprint density at radius 1 is 1.33 bits per heavy atom. The Bertz CT molecular complexity index is 236. The van der Waals surface area contributed by atoms with E-state index in [1.54, 1.807) is 0 Å². The van der Waals surface area contributed by atoms with Crippen molar-refractivity contribution in [3.8, 4) is 0 Å². The summed E-state index contributed by atoms with van der Waals surface area (Å²) in [5, 5.41) is 3.02. The largest absolute Gasteiger partial charge is 0.444 e. The van der Waals surface area contributed by atoms with Crippen LogP contribution in [0.3, 0.4) is 0 Å². The third kappa shape index (κ3) is 3.11. The molecule has 3 heteroatoms. The van der Waals surface area contributed by atoms with Gasteiger partial charge in [0.2, 0.25) is 0 Å². The molecule has 0 aromatic rings. The van der Waals surface area contributed by atoms with E-state index in [-0.39, 0.29) is 11.6 Å². The van der Waals surface area contributed by atoms with Crippen LogP contribution in [-0.2, 0) is 4.74 Å². The maximum absolute atomic E-state index is 11.6. The molecular weight excluding hydrogens is 190 g/mol. The Morgan fingerprint density at radius 3 is 2.13 bits per heavy atom. The minimum Gasteiger partial charge on any atom is -0.444 e. The molecule has 0 aromatic heterocycles. The Morgan fingerprint density at radius 2 is 1.87 bits per heavy atom. The first-order valence-electron chi connectivity index (χ1n) is 5.76. The Labute approximate surface area is 92.6 Å². The number of carbonyl (C=O) groups is 1. The van der Waals surface area contributed by atoms with Gasteiger partial charge in [0.05, 0.1) is 0 Å². The van der Waals surface area contributed by atoms with Crippen molar-refractivity contribution < 1.29 is 9.53 Å². The van der Waals surface area contributed by atoms with Crippen LogP contribution in [0.4, 0.5) is 4.79 Å². The molecule has 15 heavy (non-hydrogen) atoms. The second kappa shape index (κ2) is 4.03. The summed E-state index contributed by atoms with van der Waals surface area (Å²) in [7, 11) is 0. The summed E-state index contributed by atoms with van der Waals surface area (Å²) in [6.07, 6.45) is 3.07. The molecule has 0 bridgehead atoms. The number of carbonyl (C=O) groups excluding carboxylic acids is 1.